The average molecular weight is 162 g/mol. The summed E-state index contributed by atoms with van der Waals surface area (Å²) in [7, 11) is 0. The molecule has 56 valence electrons. The van der Waals surface area contributed by atoms with Crippen LogP contribution in [-0.2, 0) is 6.42 Å². The first-order valence-electron chi connectivity index (χ1n) is 3.57. The fourth-order valence-electron chi connectivity index (χ4n) is 0.874. The predicted octanol–water partition coefficient (Wildman–Crippen LogP) is 2.79. The van der Waals surface area contributed by atoms with Crippen LogP contribution in [0.4, 0.5) is 0 Å². The molecule has 0 radical (unpaired) electrons. The molecular weight excluding hydrogens is 152 g/mol. The number of benzene rings is 1. The van der Waals surface area contributed by atoms with Gasteiger partial charge < -0.3 is 0 Å². The first-order chi connectivity index (χ1) is 5.43. The summed E-state index contributed by atoms with van der Waals surface area (Å²) < 4.78 is 0. The minimum absolute atomic E-state index is 0.966. The second kappa shape index (κ2) is 4.80. The fourth-order valence-corrected chi connectivity index (χ4v) is 0.985. The van der Waals surface area contributed by atoms with Crippen LogP contribution in [0.2, 0.25) is 0 Å². The maximum Gasteiger partial charge on any atom is 0.00104 e. The maximum absolute atomic E-state index is 4.66. The second-order valence-corrected chi connectivity index (χ2v) is 2.53. The van der Waals surface area contributed by atoms with E-state index in [0.29, 0.717) is 0 Å². The van der Waals surface area contributed by atoms with Gasteiger partial charge in [0.05, 0.1) is 0 Å². The second-order valence-electron chi connectivity index (χ2n) is 2.25. The van der Waals surface area contributed by atoms with Crippen molar-refractivity contribution >= 4 is 17.6 Å². The van der Waals surface area contributed by atoms with Gasteiger partial charge in [0.25, 0.3) is 0 Å². The van der Waals surface area contributed by atoms with E-state index in [-0.39, 0.29) is 0 Å². The van der Waals surface area contributed by atoms with Crippen LogP contribution in [0, 0.1) is 0 Å². The molecular formula is C10H10S. The summed E-state index contributed by atoms with van der Waals surface area (Å²) in [5, 5.41) is 1.63. The highest BCUT2D eigenvalue weighted by atomic mass is 32.1. The minimum Gasteiger partial charge on any atom is -0.0887 e. The van der Waals surface area contributed by atoms with Gasteiger partial charge in [-0.15, -0.1) is 0 Å². The molecule has 0 aliphatic rings. The van der Waals surface area contributed by atoms with E-state index >= 15 is 0 Å². The molecule has 0 nitrogen and oxygen atoms in total. The van der Waals surface area contributed by atoms with Crippen LogP contribution in [-0.4, -0.2) is 5.37 Å². The lowest BCUT2D eigenvalue weighted by atomic mass is 10.1. The van der Waals surface area contributed by atoms with Crippen LogP contribution in [0.1, 0.15) is 5.56 Å². The molecule has 1 heteroatoms. The summed E-state index contributed by atoms with van der Waals surface area (Å²) in [6.45, 7) is 0. The Labute approximate surface area is 72.6 Å². The van der Waals surface area contributed by atoms with Crippen molar-refractivity contribution in [2.75, 3.05) is 0 Å². The highest BCUT2D eigenvalue weighted by molar-refractivity contribution is 7.79. The lowest BCUT2D eigenvalue weighted by Crippen LogP contribution is -1.77. The molecule has 1 aromatic carbocycles. The van der Waals surface area contributed by atoms with Gasteiger partial charge in [0.2, 0.25) is 0 Å². The molecule has 1 rings (SSSR count). The molecule has 0 unspecified atom stereocenters. The molecule has 1 aromatic rings. The normalized spacial score (nSPS) is 10.2. The van der Waals surface area contributed by atoms with E-state index in [1.165, 1.54) is 5.56 Å². The van der Waals surface area contributed by atoms with Crippen LogP contribution in [0.15, 0.2) is 42.5 Å². The van der Waals surface area contributed by atoms with E-state index in [2.05, 4.69) is 30.4 Å². The summed E-state index contributed by atoms with van der Waals surface area (Å²) in [6, 6.07) is 10.3. The third-order valence-electron chi connectivity index (χ3n) is 1.41. The first-order valence-corrected chi connectivity index (χ1v) is 4.05. The number of thiocarbonyl (C=S) groups is 1. The highest BCUT2D eigenvalue weighted by Gasteiger charge is 1.83. The summed E-state index contributed by atoms with van der Waals surface area (Å²) >= 11 is 4.66. The molecule has 0 bridgehead atoms. The number of hydrogen-bond donors (Lipinski definition) is 0. The zero-order chi connectivity index (χ0) is 7.94. The Morgan fingerprint density at radius 2 is 1.91 bits per heavy atom. The molecule has 11 heavy (non-hydrogen) atoms. The third kappa shape index (κ3) is 3.10. The van der Waals surface area contributed by atoms with Gasteiger partial charge in [0, 0.05) is 5.37 Å². The van der Waals surface area contributed by atoms with E-state index < -0.39 is 0 Å². The standard InChI is InChI=1S/C10H10S/c11-9-5-4-8-10-6-2-1-3-7-10/h1-7,9H,8H2. The van der Waals surface area contributed by atoms with Crippen LogP contribution in [0.25, 0.3) is 0 Å². The summed E-state index contributed by atoms with van der Waals surface area (Å²) in [6.07, 6.45) is 4.92. The smallest absolute Gasteiger partial charge is 0.00104 e. The zero-order valence-electron chi connectivity index (χ0n) is 6.23. The number of allylic oxidation sites excluding steroid dienone is 2. The zero-order valence-corrected chi connectivity index (χ0v) is 7.05. The summed E-state index contributed by atoms with van der Waals surface area (Å²) in [4.78, 5) is 0. The van der Waals surface area contributed by atoms with Gasteiger partial charge >= 0.3 is 0 Å². The third-order valence-corrected chi connectivity index (χ3v) is 1.57. The molecule has 0 fully saturated rings. The van der Waals surface area contributed by atoms with Gasteiger partial charge in [-0.05, 0) is 12.0 Å². The molecule has 0 spiro atoms. The average Bonchev–Trinajstić information content (AvgIpc) is 2.07. The fraction of sp³-hybridized carbons (Fsp3) is 0.100. The molecule has 0 aliphatic carbocycles. The molecule has 0 atom stereocenters. The van der Waals surface area contributed by atoms with Crippen LogP contribution >= 0.6 is 12.2 Å². The van der Waals surface area contributed by atoms with Crippen molar-refractivity contribution in [3.8, 4) is 0 Å². The van der Waals surface area contributed by atoms with Crippen molar-refractivity contribution in [3.63, 3.8) is 0 Å². The molecule has 0 saturated carbocycles. The number of hydrogen-bond acceptors (Lipinski definition) is 1. The molecule has 0 aromatic heterocycles. The van der Waals surface area contributed by atoms with Gasteiger partial charge in [-0.1, -0.05) is 54.7 Å². The van der Waals surface area contributed by atoms with Crippen molar-refractivity contribution in [2.24, 2.45) is 0 Å². The predicted molar refractivity (Wildman–Crippen MR) is 52.9 cm³/mol. The van der Waals surface area contributed by atoms with Gasteiger partial charge in [-0.25, -0.2) is 0 Å². The highest BCUT2D eigenvalue weighted by Crippen LogP contribution is 1.99. The van der Waals surface area contributed by atoms with Gasteiger partial charge in [-0.3, -0.25) is 0 Å². The SMILES string of the molecule is S=CC=CCc1ccccc1. The topological polar surface area (TPSA) is 0 Å². The van der Waals surface area contributed by atoms with Crippen molar-refractivity contribution < 1.29 is 0 Å². The van der Waals surface area contributed by atoms with Crippen molar-refractivity contribution in [1.82, 2.24) is 0 Å². The Morgan fingerprint density at radius 3 is 2.55 bits per heavy atom. The minimum atomic E-state index is 0.966. The van der Waals surface area contributed by atoms with E-state index in [9.17, 15) is 0 Å². The summed E-state index contributed by atoms with van der Waals surface area (Å²) in [5.74, 6) is 0. The van der Waals surface area contributed by atoms with Gasteiger partial charge in [-0.2, -0.15) is 0 Å². The largest absolute Gasteiger partial charge is 0.0887 e. The van der Waals surface area contributed by atoms with E-state index in [1.807, 2.05) is 24.3 Å². The van der Waals surface area contributed by atoms with E-state index in [1.54, 1.807) is 5.37 Å². The van der Waals surface area contributed by atoms with Gasteiger partial charge in [0.15, 0.2) is 0 Å². The van der Waals surface area contributed by atoms with E-state index in [4.69, 9.17) is 0 Å². The Morgan fingerprint density at radius 1 is 1.18 bits per heavy atom. The Kier molecular flexibility index (Phi) is 3.56. The Hall–Kier alpha value is -0.950. The van der Waals surface area contributed by atoms with Crippen molar-refractivity contribution in [1.29, 1.82) is 0 Å². The first kappa shape index (κ1) is 8.15. The molecule has 0 aliphatic heterocycles. The van der Waals surface area contributed by atoms with Gasteiger partial charge in [0.1, 0.15) is 0 Å². The lowest BCUT2D eigenvalue weighted by molar-refractivity contribution is 1.27. The molecule has 0 saturated heterocycles. The maximum atomic E-state index is 4.66. The van der Waals surface area contributed by atoms with E-state index in [0.717, 1.165) is 6.42 Å². The molecule has 0 N–H and O–H groups in total. The van der Waals surface area contributed by atoms with Crippen LogP contribution in [0.3, 0.4) is 0 Å². The molecule has 0 heterocycles. The number of rotatable bonds is 3. The Balaban J connectivity index is 2.51. The molecule has 0 amide bonds. The Bertz CT molecular complexity index is 236. The van der Waals surface area contributed by atoms with Crippen LogP contribution < -0.4 is 0 Å². The summed E-state index contributed by atoms with van der Waals surface area (Å²) in [5.41, 5.74) is 1.32. The quantitative estimate of drug-likeness (QED) is 0.486. The lowest BCUT2D eigenvalue weighted by Gasteiger charge is -1.92. The monoisotopic (exact) mass is 162 g/mol. The van der Waals surface area contributed by atoms with Crippen molar-refractivity contribution in [2.45, 2.75) is 6.42 Å². The van der Waals surface area contributed by atoms with Crippen LogP contribution in [0.5, 0.6) is 0 Å². The van der Waals surface area contributed by atoms with Crippen molar-refractivity contribution in [3.05, 3.63) is 48.0 Å².